The predicted molar refractivity (Wildman–Crippen MR) is 69.5 cm³/mol. The van der Waals surface area contributed by atoms with Crippen LogP contribution in [-0.4, -0.2) is 38.4 Å². The van der Waals surface area contributed by atoms with Gasteiger partial charge in [0.15, 0.2) is 5.78 Å². The van der Waals surface area contributed by atoms with E-state index in [1.165, 1.54) is 18.7 Å². The molecule has 1 heterocycles. The Kier molecular flexibility index (Phi) is 4.77. The summed E-state index contributed by atoms with van der Waals surface area (Å²) in [4.78, 5) is 36.7. The van der Waals surface area contributed by atoms with Gasteiger partial charge in [0.25, 0.3) is 0 Å². The first kappa shape index (κ1) is 14.6. The lowest BCUT2D eigenvalue weighted by atomic mass is 10.2. The molecular weight excluding hydrogens is 256 g/mol. The predicted octanol–water partition coefficient (Wildman–Crippen LogP) is 1.07. The summed E-state index contributed by atoms with van der Waals surface area (Å²) in [6, 6.07) is -0.936. The first-order valence-corrected chi connectivity index (χ1v) is 6.83. The molecule has 0 saturated carbocycles. The largest absolute Gasteiger partial charge is 0.480 e. The van der Waals surface area contributed by atoms with E-state index in [4.69, 9.17) is 0 Å². The minimum atomic E-state index is -1.07. The van der Waals surface area contributed by atoms with Gasteiger partial charge in [0.1, 0.15) is 11.7 Å². The van der Waals surface area contributed by atoms with Gasteiger partial charge in [-0.15, -0.1) is 0 Å². The van der Waals surface area contributed by atoms with Gasteiger partial charge >= 0.3 is 11.7 Å². The van der Waals surface area contributed by atoms with Crippen molar-refractivity contribution >= 4 is 23.5 Å². The first-order valence-electron chi connectivity index (χ1n) is 5.44. The summed E-state index contributed by atoms with van der Waals surface area (Å²) in [5.41, 5.74) is 0.00241. The molecule has 0 aliphatic heterocycles. The number of hydrogen-bond acceptors (Lipinski definition) is 4. The van der Waals surface area contributed by atoms with Crippen LogP contribution < -0.4 is 5.69 Å². The highest BCUT2D eigenvalue weighted by Gasteiger charge is 2.25. The van der Waals surface area contributed by atoms with Gasteiger partial charge in [0, 0.05) is 12.6 Å². The zero-order valence-corrected chi connectivity index (χ0v) is 11.3. The molecule has 0 amide bonds. The van der Waals surface area contributed by atoms with E-state index in [9.17, 15) is 19.5 Å². The molecule has 0 aromatic carbocycles. The van der Waals surface area contributed by atoms with Gasteiger partial charge < -0.3 is 10.1 Å². The van der Waals surface area contributed by atoms with E-state index < -0.39 is 17.7 Å². The molecule has 0 aliphatic carbocycles. The lowest BCUT2D eigenvalue weighted by Gasteiger charge is -2.14. The molecule has 7 heteroatoms. The number of thioether (sulfide) groups is 1. The van der Waals surface area contributed by atoms with Crippen molar-refractivity contribution < 1.29 is 14.7 Å². The number of aromatic amines is 1. The van der Waals surface area contributed by atoms with Crippen molar-refractivity contribution in [2.45, 2.75) is 26.3 Å². The average Bonchev–Trinajstić information content (AvgIpc) is 2.57. The number of imidazole rings is 1. The van der Waals surface area contributed by atoms with Crippen LogP contribution in [0, 0.1) is 6.92 Å². The number of nitrogens with one attached hydrogen (secondary N) is 1. The molecule has 18 heavy (non-hydrogen) atoms. The molecule has 0 fully saturated rings. The minimum absolute atomic E-state index is 0.176. The van der Waals surface area contributed by atoms with Crippen molar-refractivity contribution in [1.29, 1.82) is 0 Å². The Balaban J connectivity index is 3.24. The van der Waals surface area contributed by atoms with Crippen LogP contribution in [0.2, 0.25) is 0 Å². The summed E-state index contributed by atoms with van der Waals surface area (Å²) in [7, 11) is 0. The SMILES string of the molecule is CSCCC(C(=O)O)n1c(C)c(C(C)=O)[nH]c1=O. The van der Waals surface area contributed by atoms with E-state index in [0.717, 1.165) is 4.57 Å². The Morgan fingerprint density at radius 3 is 2.50 bits per heavy atom. The minimum Gasteiger partial charge on any atom is -0.480 e. The molecule has 1 unspecified atom stereocenters. The Bertz CT molecular complexity index is 518. The van der Waals surface area contributed by atoms with Crippen molar-refractivity contribution in [3.05, 3.63) is 21.9 Å². The van der Waals surface area contributed by atoms with Gasteiger partial charge in [-0.25, -0.2) is 9.59 Å². The quantitative estimate of drug-likeness (QED) is 0.756. The Labute approximate surface area is 108 Å². The standard InChI is InChI=1S/C11H16N2O4S/c1-6-9(7(2)14)12-11(17)13(6)8(10(15)16)4-5-18-3/h8H,4-5H2,1-3H3,(H,12,17)(H,15,16). The number of carbonyl (C=O) groups is 2. The summed E-state index contributed by atoms with van der Waals surface area (Å²) >= 11 is 1.51. The molecule has 1 rings (SSSR count). The normalized spacial score (nSPS) is 12.4. The molecule has 1 aromatic rings. The lowest BCUT2D eigenvalue weighted by Crippen LogP contribution is -2.29. The number of hydrogen-bond donors (Lipinski definition) is 2. The van der Waals surface area contributed by atoms with Gasteiger partial charge in [-0.3, -0.25) is 9.36 Å². The van der Waals surface area contributed by atoms with Crippen molar-refractivity contribution in [3.63, 3.8) is 0 Å². The number of carbonyl (C=O) groups excluding carboxylic acids is 1. The summed E-state index contributed by atoms with van der Waals surface area (Å²) in [6.45, 7) is 2.91. The van der Waals surface area contributed by atoms with Crippen molar-refractivity contribution in [2.75, 3.05) is 12.0 Å². The summed E-state index contributed by atoms with van der Waals surface area (Å²) in [5.74, 6) is -0.718. The van der Waals surface area contributed by atoms with Crippen LogP contribution in [0.25, 0.3) is 0 Å². The highest BCUT2D eigenvalue weighted by molar-refractivity contribution is 7.98. The first-order chi connectivity index (χ1) is 8.40. The number of nitrogens with zero attached hydrogens (tertiary/aromatic N) is 1. The zero-order valence-electron chi connectivity index (χ0n) is 10.5. The van der Waals surface area contributed by atoms with Crippen LogP contribution in [0.3, 0.4) is 0 Å². The number of carboxylic acid groups (broad SMARTS) is 1. The van der Waals surface area contributed by atoms with Crippen LogP contribution in [0.1, 0.15) is 35.6 Å². The van der Waals surface area contributed by atoms with Crippen molar-refractivity contribution in [3.8, 4) is 0 Å². The number of H-pyrrole nitrogens is 1. The van der Waals surface area contributed by atoms with E-state index in [1.807, 2.05) is 6.26 Å². The van der Waals surface area contributed by atoms with E-state index >= 15 is 0 Å². The Morgan fingerprint density at radius 1 is 1.50 bits per heavy atom. The van der Waals surface area contributed by atoms with Gasteiger partial charge in [-0.2, -0.15) is 11.8 Å². The van der Waals surface area contributed by atoms with E-state index in [1.54, 1.807) is 6.92 Å². The van der Waals surface area contributed by atoms with Gasteiger partial charge in [-0.1, -0.05) is 0 Å². The monoisotopic (exact) mass is 272 g/mol. The van der Waals surface area contributed by atoms with Crippen LogP contribution in [0.4, 0.5) is 0 Å². The number of aromatic nitrogens is 2. The van der Waals surface area contributed by atoms with E-state index in [0.29, 0.717) is 17.9 Å². The fourth-order valence-corrected chi connectivity index (χ4v) is 2.30. The highest BCUT2D eigenvalue weighted by atomic mass is 32.2. The second-order valence-electron chi connectivity index (χ2n) is 3.95. The fraction of sp³-hybridized carbons (Fsp3) is 0.545. The molecule has 0 bridgehead atoms. The van der Waals surface area contributed by atoms with Gasteiger partial charge in [0.05, 0.1) is 0 Å². The van der Waals surface area contributed by atoms with Gasteiger partial charge in [0.2, 0.25) is 0 Å². The molecule has 0 radical (unpaired) electrons. The van der Waals surface area contributed by atoms with Crippen LogP contribution in [-0.2, 0) is 4.79 Å². The van der Waals surface area contributed by atoms with Crippen molar-refractivity contribution in [2.24, 2.45) is 0 Å². The number of carboxylic acids is 1. The number of aliphatic carboxylic acids is 1. The van der Waals surface area contributed by atoms with E-state index in [2.05, 4.69) is 4.98 Å². The topological polar surface area (TPSA) is 92.2 Å². The fourth-order valence-electron chi connectivity index (χ4n) is 1.84. The zero-order chi connectivity index (χ0) is 13.9. The second-order valence-corrected chi connectivity index (χ2v) is 4.94. The molecule has 6 nitrogen and oxygen atoms in total. The van der Waals surface area contributed by atoms with Crippen molar-refractivity contribution in [1.82, 2.24) is 9.55 Å². The molecule has 0 saturated heterocycles. The summed E-state index contributed by atoms with van der Waals surface area (Å²) in [6.07, 6.45) is 2.21. The Hall–Kier alpha value is -1.50. The summed E-state index contributed by atoms with van der Waals surface area (Å²) < 4.78 is 1.15. The smallest absolute Gasteiger partial charge is 0.327 e. The maximum atomic E-state index is 11.8. The third kappa shape index (κ3) is 2.84. The number of Topliss-reactive ketones (excluding diaryl/α,β-unsaturated/α-hetero) is 1. The average molecular weight is 272 g/mol. The molecule has 2 N–H and O–H groups in total. The molecule has 1 atom stereocenters. The lowest BCUT2D eigenvalue weighted by molar-refractivity contribution is -0.141. The molecule has 1 aromatic heterocycles. The summed E-state index contributed by atoms with van der Waals surface area (Å²) in [5, 5.41) is 9.18. The van der Waals surface area contributed by atoms with Crippen LogP contribution in [0.5, 0.6) is 0 Å². The highest BCUT2D eigenvalue weighted by Crippen LogP contribution is 2.17. The molecule has 0 spiro atoms. The van der Waals surface area contributed by atoms with Crippen LogP contribution >= 0.6 is 11.8 Å². The second kappa shape index (κ2) is 5.90. The maximum Gasteiger partial charge on any atom is 0.327 e. The third-order valence-corrected chi connectivity index (χ3v) is 3.36. The molecule has 100 valence electrons. The number of ketones is 1. The molecular formula is C11H16N2O4S. The number of rotatable bonds is 6. The Morgan fingerprint density at radius 2 is 2.11 bits per heavy atom. The van der Waals surface area contributed by atoms with Crippen LogP contribution in [0.15, 0.2) is 4.79 Å². The molecule has 0 aliphatic rings. The maximum absolute atomic E-state index is 11.8. The third-order valence-electron chi connectivity index (χ3n) is 2.72. The van der Waals surface area contributed by atoms with Gasteiger partial charge in [-0.05, 0) is 25.4 Å². The van der Waals surface area contributed by atoms with E-state index in [-0.39, 0.29) is 11.5 Å².